The average Bonchev–Trinajstić information content (AvgIpc) is 2.02. The minimum absolute atomic E-state index is 0.435. The van der Waals surface area contributed by atoms with Crippen molar-refractivity contribution < 1.29 is 9.53 Å². The van der Waals surface area contributed by atoms with Gasteiger partial charge in [-0.15, -0.1) is 0 Å². The third-order valence-electron chi connectivity index (χ3n) is 1.33. The Kier molecular flexibility index (Phi) is 4.78. The minimum Gasteiger partial charge on any atom is -0.372 e. The fourth-order valence-corrected chi connectivity index (χ4v) is 0.793. The summed E-state index contributed by atoms with van der Waals surface area (Å²) in [6, 6.07) is 0. The molecule has 1 N–H and O–H groups in total. The molecule has 0 aliphatic heterocycles. The van der Waals surface area contributed by atoms with Crippen molar-refractivity contribution in [3.05, 3.63) is 12.2 Å². The highest BCUT2D eigenvalue weighted by Gasteiger charge is 2.12. The lowest BCUT2D eigenvalue weighted by atomic mass is 10.1. The molecule has 0 spiro atoms. The van der Waals surface area contributed by atoms with Crippen molar-refractivity contribution in [1.29, 1.82) is 5.26 Å². The summed E-state index contributed by atoms with van der Waals surface area (Å²) in [6.45, 7) is 6.14. The second kappa shape index (κ2) is 5.33. The molecule has 0 bridgehead atoms. The van der Waals surface area contributed by atoms with Gasteiger partial charge in [0, 0.05) is 12.7 Å². The quantitative estimate of drug-likeness (QED) is 0.400. The van der Waals surface area contributed by atoms with Gasteiger partial charge in [-0.1, -0.05) is 0 Å². The highest BCUT2D eigenvalue weighted by molar-refractivity contribution is 5.88. The van der Waals surface area contributed by atoms with Crippen molar-refractivity contribution in [3.8, 4) is 6.19 Å². The highest BCUT2D eigenvalue weighted by atomic mass is 16.5. The van der Waals surface area contributed by atoms with Gasteiger partial charge in [-0.25, -0.2) is 0 Å². The minimum atomic E-state index is -0.471. The molecule has 0 saturated carbocycles. The summed E-state index contributed by atoms with van der Waals surface area (Å²) in [5, 5.41) is 10.1. The van der Waals surface area contributed by atoms with Crippen LogP contribution in [0.1, 0.15) is 20.8 Å². The number of nitrogens with zero attached hydrogens (tertiary/aromatic N) is 1. The number of hydrogen-bond donors (Lipinski definition) is 1. The summed E-state index contributed by atoms with van der Waals surface area (Å²) >= 11 is 0. The van der Waals surface area contributed by atoms with Crippen LogP contribution in [0.5, 0.6) is 0 Å². The molecule has 0 aromatic carbocycles. The van der Waals surface area contributed by atoms with E-state index in [-0.39, 0.29) is 0 Å². The predicted molar refractivity (Wildman–Crippen MR) is 48.6 cm³/mol. The monoisotopic (exact) mass is 182 g/mol. The number of carbonyl (C=O) groups is 1. The van der Waals surface area contributed by atoms with E-state index in [0.29, 0.717) is 6.61 Å². The van der Waals surface area contributed by atoms with Gasteiger partial charge in [0.1, 0.15) is 0 Å². The van der Waals surface area contributed by atoms with Crippen LogP contribution < -0.4 is 5.32 Å². The maximum Gasteiger partial charge on any atom is 0.256 e. The first kappa shape index (κ1) is 11.7. The van der Waals surface area contributed by atoms with Crippen LogP contribution in [0.25, 0.3) is 0 Å². The lowest BCUT2D eigenvalue weighted by Gasteiger charge is -2.19. The number of rotatable bonds is 4. The van der Waals surface area contributed by atoms with Crippen LogP contribution in [0.4, 0.5) is 0 Å². The summed E-state index contributed by atoms with van der Waals surface area (Å²) in [5.74, 6) is -0.435. The predicted octanol–water partition coefficient (Wildman–Crippen LogP) is 0.955. The Labute approximate surface area is 78.2 Å². The molecule has 0 saturated heterocycles. The van der Waals surface area contributed by atoms with Crippen LogP contribution >= 0.6 is 0 Å². The van der Waals surface area contributed by atoms with Crippen molar-refractivity contribution in [2.24, 2.45) is 0 Å². The summed E-state index contributed by atoms with van der Waals surface area (Å²) in [6.07, 6.45) is 4.45. The number of nitrogens with one attached hydrogen (secondary N) is 1. The molecule has 0 aromatic heterocycles. The third kappa shape index (κ3) is 5.88. The normalized spacial score (nSPS) is 11.2. The lowest BCUT2D eigenvalue weighted by molar-refractivity contribution is -0.115. The average molecular weight is 182 g/mol. The van der Waals surface area contributed by atoms with E-state index >= 15 is 0 Å². The fourth-order valence-electron chi connectivity index (χ4n) is 0.793. The first-order valence-corrected chi connectivity index (χ1v) is 4.04. The number of hydrogen-bond acceptors (Lipinski definition) is 3. The SMILES string of the molecule is CCOC(C)(C)C=CC(=O)NC#N. The van der Waals surface area contributed by atoms with Gasteiger partial charge < -0.3 is 4.74 Å². The molecule has 4 nitrogen and oxygen atoms in total. The van der Waals surface area contributed by atoms with Crippen molar-refractivity contribution in [1.82, 2.24) is 5.32 Å². The van der Waals surface area contributed by atoms with Gasteiger partial charge in [-0.2, -0.15) is 5.26 Å². The van der Waals surface area contributed by atoms with E-state index in [2.05, 4.69) is 0 Å². The summed E-state index contributed by atoms with van der Waals surface area (Å²) < 4.78 is 5.31. The lowest BCUT2D eigenvalue weighted by Crippen LogP contribution is -2.23. The molecule has 0 radical (unpaired) electrons. The fraction of sp³-hybridized carbons (Fsp3) is 0.556. The van der Waals surface area contributed by atoms with Gasteiger partial charge in [-0.3, -0.25) is 10.1 Å². The summed E-state index contributed by atoms with van der Waals surface area (Å²) in [4.78, 5) is 10.8. The van der Waals surface area contributed by atoms with E-state index in [1.165, 1.54) is 6.08 Å². The van der Waals surface area contributed by atoms with E-state index in [1.54, 1.807) is 12.3 Å². The van der Waals surface area contributed by atoms with E-state index in [4.69, 9.17) is 10.00 Å². The molecular weight excluding hydrogens is 168 g/mol. The standard InChI is InChI=1S/C9H14N2O2/c1-4-13-9(2,3)6-5-8(12)11-7-10/h5-6H,4H2,1-3H3,(H,11,12). The van der Waals surface area contributed by atoms with Crippen molar-refractivity contribution in [2.75, 3.05) is 6.61 Å². The number of ether oxygens (including phenoxy) is 1. The molecule has 0 aliphatic rings. The zero-order chi connectivity index (χ0) is 10.3. The number of nitriles is 1. The summed E-state index contributed by atoms with van der Waals surface area (Å²) in [5.41, 5.74) is -0.471. The van der Waals surface area contributed by atoms with Crippen molar-refractivity contribution in [2.45, 2.75) is 26.4 Å². The topological polar surface area (TPSA) is 62.1 Å². The highest BCUT2D eigenvalue weighted by Crippen LogP contribution is 2.09. The van der Waals surface area contributed by atoms with Crippen LogP contribution in [0.15, 0.2) is 12.2 Å². The molecule has 0 unspecified atom stereocenters. The van der Waals surface area contributed by atoms with Crippen LogP contribution in [0.2, 0.25) is 0 Å². The zero-order valence-electron chi connectivity index (χ0n) is 8.13. The Morgan fingerprint density at radius 1 is 1.69 bits per heavy atom. The molecule has 4 heteroatoms. The molecule has 13 heavy (non-hydrogen) atoms. The molecule has 0 atom stereocenters. The van der Waals surface area contributed by atoms with E-state index in [1.807, 2.05) is 26.1 Å². The molecule has 0 aromatic rings. The molecule has 0 heterocycles. The first-order chi connectivity index (χ1) is 6.02. The maximum absolute atomic E-state index is 10.8. The van der Waals surface area contributed by atoms with E-state index in [0.717, 1.165) is 0 Å². The zero-order valence-corrected chi connectivity index (χ0v) is 8.13. The van der Waals surface area contributed by atoms with Crippen LogP contribution in [0.3, 0.4) is 0 Å². The van der Waals surface area contributed by atoms with Crippen molar-refractivity contribution >= 4 is 5.91 Å². The van der Waals surface area contributed by atoms with Gasteiger partial charge in [0.2, 0.25) is 0 Å². The maximum atomic E-state index is 10.8. The Morgan fingerprint density at radius 2 is 2.31 bits per heavy atom. The Bertz CT molecular complexity index is 238. The van der Waals surface area contributed by atoms with Gasteiger partial charge in [0.15, 0.2) is 6.19 Å². The summed E-state index contributed by atoms with van der Waals surface area (Å²) in [7, 11) is 0. The van der Waals surface area contributed by atoms with E-state index < -0.39 is 11.5 Å². The Hall–Kier alpha value is -1.34. The van der Waals surface area contributed by atoms with Crippen LogP contribution in [0, 0.1) is 11.5 Å². The molecule has 1 amide bonds. The van der Waals surface area contributed by atoms with Gasteiger partial charge in [0.05, 0.1) is 5.60 Å². The number of amides is 1. The second-order valence-corrected chi connectivity index (χ2v) is 2.97. The second-order valence-electron chi connectivity index (χ2n) is 2.97. The third-order valence-corrected chi connectivity index (χ3v) is 1.33. The van der Waals surface area contributed by atoms with Crippen LogP contribution in [-0.2, 0) is 9.53 Å². The molecule has 72 valence electrons. The largest absolute Gasteiger partial charge is 0.372 e. The van der Waals surface area contributed by atoms with E-state index in [9.17, 15) is 4.79 Å². The smallest absolute Gasteiger partial charge is 0.256 e. The Balaban J connectivity index is 4.10. The first-order valence-electron chi connectivity index (χ1n) is 4.04. The van der Waals surface area contributed by atoms with Crippen molar-refractivity contribution in [3.63, 3.8) is 0 Å². The molecule has 0 rings (SSSR count). The Morgan fingerprint density at radius 3 is 2.77 bits per heavy atom. The molecule has 0 fully saturated rings. The van der Waals surface area contributed by atoms with Gasteiger partial charge >= 0.3 is 0 Å². The van der Waals surface area contributed by atoms with Gasteiger partial charge in [-0.05, 0) is 26.8 Å². The number of carbonyl (C=O) groups excluding carboxylic acids is 1. The molecule has 0 aliphatic carbocycles. The molecular formula is C9H14N2O2. The van der Waals surface area contributed by atoms with Crippen LogP contribution in [-0.4, -0.2) is 18.1 Å². The van der Waals surface area contributed by atoms with Gasteiger partial charge in [0.25, 0.3) is 5.91 Å².